The van der Waals surface area contributed by atoms with Crippen molar-refractivity contribution < 1.29 is 9.90 Å². The zero-order chi connectivity index (χ0) is 11.3. The van der Waals surface area contributed by atoms with Crippen LogP contribution in [-0.2, 0) is 6.42 Å². The number of aliphatic hydroxyl groups excluding tert-OH is 1. The molecule has 2 atom stereocenters. The Morgan fingerprint density at radius 2 is 2.47 bits per heavy atom. The van der Waals surface area contributed by atoms with Crippen molar-refractivity contribution in [1.82, 2.24) is 5.32 Å². The Morgan fingerprint density at radius 1 is 1.73 bits per heavy atom. The number of rotatable bonds is 5. The Kier molecular flexibility index (Phi) is 5.15. The number of amides is 1. The van der Waals surface area contributed by atoms with Gasteiger partial charge in [-0.1, -0.05) is 6.07 Å². The molecule has 0 bridgehead atoms. The fourth-order valence-corrected chi connectivity index (χ4v) is 2.20. The fraction of sp³-hybridized carbons (Fsp3) is 0.444. The number of nitrogens with one attached hydrogen (secondary N) is 1. The molecular formula is C9H11BClNO2S. The molecule has 0 aliphatic heterocycles. The summed E-state index contributed by atoms with van der Waals surface area (Å²) in [5.41, 5.74) is 0. The summed E-state index contributed by atoms with van der Waals surface area (Å²) < 4.78 is 0. The summed E-state index contributed by atoms with van der Waals surface area (Å²) in [5, 5.41) is 14.0. The van der Waals surface area contributed by atoms with Gasteiger partial charge in [0.25, 0.3) is 0 Å². The minimum Gasteiger partial charge on any atom is -0.390 e. The van der Waals surface area contributed by atoms with Crippen molar-refractivity contribution in [1.29, 1.82) is 0 Å². The fourth-order valence-electron chi connectivity index (χ4n) is 1.22. The lowest BCUT2D eigenvalue weighted by atomic mass is 10.0. The van der Waals surface area contributed by atoms with E-state index < -0.39 is 18.0 Å². The van der Waals surface area contributed by atoms with E-state index in [0.29, 0.717) is 6.42 Å². The molecule has 0 aromatic carbocycles. The summed E-state index contributed by atoms with van der Waals surface area (Å²) >= 11 is 7.09. The van der Waals surface area contributed by atoms with Crippen LogP contribution >= 0.6 is 22.9 Å². The lowest BCUT2D eigenvalue weighted by Gasteiger charge is -2.21. The Balaban J connectivity index is 2.60. The number of carbonyl (C=O) groups is 1. The molecule has 0 saturated carbocycles. The highest BCUT2D eigenvalue weighted by Crippen LogP contribution is 2.13. The van der Waals surface area contributed by atoms with E-state index in [2.05, 4.69) is 5.32 Å². The topological polar surface area (TPSA) is 49.3 Å². The molecule has 0 fully saturated rings. The zero-order valence-electron chi connectivity index (χ0n) is 8.02. The summed E-state index contributed by atoms with van der Waals surface area (Å²) in [6.45, 7) is 0. The maximum absolute atomic E-state index is 10.7. The van der Waals surface area contributed by atoms with E-state index in [1.807, 2.05) is 17.5 Å². The lowest BCUT2D eigenvalue weighted by molar-refractivity contribution is 0.152. The van der Waals surface area contributed by atoms with Crippen LogP contribution in [0, 0.1) is 0 Å². The number of hydrogen-bond acceptors (Lipinski definition) is 3. The van der Waals surface area contributed by atoms with Crippen LogP contribution in [0.2, 0.25) is 0 Å². The highest BCUT2D eigenvalue weighted by atomic mass is 35.5. The van der Waals surface area contributed by atoms with Gasteiger partial charge in [0.2, 0.25) is 7.85 Å². The highest BCUT2D eigenvalue weighted by molar-refractivity contribution is 7.09. The molecule has 2 N–H and O–H groups in total. The molecular weight excluding hydrogens is 232 g/mol. The van der Waals surface area contributed by atoms with Gasteiger partial charge in [-0.25, -0.2) is 0 Å². The van der Waals surface area contributed by atoms with Crippen LogP contribution in [0.3, 0.4) is 0 Å². The predicted molar refractivity (Wildman–Crippen MR) is 62.8 cm³/mol. The molecule has 15 heavy (non-hydrogen) atoms. The molecule has 3 nitrogen and oxygen atoms in total. The van der Waals surface area contributed by atoms with Crippen molar-refractivity contribution in [3.63, 3.8) is 0 Å². The van der Waals surface area contributed by atoms with Gasteiger partial charge in [-0.05, 0) is 11.4 Å². The molecule has 0 aliphatic rings. The van der Waals surface area contributed by atoms with E-state index >= 15 is 0 Å². The number of alkyl halides is 1. The second-order valence-electron chi connectivity index (χ2n) is 3.12. The summed E-state index contributed by atoms with van der Waals surface area (Å²) in [4.78, 5) is 11.8. The molecule has 0 aliphatic carbocycles. The number of thiophene rings is 1. The summed E-state index contributed by atoms with van der Waals surface area (Å²) in [7, 11) is 5.01. The van der Waals surface area contributed by atoms with Crippen molar-refractivity contribution in [3.8, 4) is 0 Å². The quantitative estimate of drug-likeness (QED) is 0.602. The first-order valence-electron chi connectivity index (χ1n) is 4.46. The van der Waals surface area contributed by atoms with E-state index in [0.717, 1.165) is 4.88 Å². The van der Waals surface area contributed by atoms with E-state index in [1.54, 1.807) is 11.3 Å². The maximum Gasteiger partial charge on any atom is 0.200 e. The van der Waals surface area contributed by atoms with E-state index in [1.165, 1.54) is 0 Å². The number of hydrogen-bond donors (Lipinski definition) is 2. The van der Waals surface area contributed by atoms with Crippen molar-refractivity contribution >= 4 is 36.6 Å². The minimum atomic E-state index is -0.790. The number of carbonyl (C=O) groups excluding carboxylic acids is 1. The summed E-state index contributed by atoms with van der Waals surface area (Å²) in [5.74, 6) is -0.586. The van der Waals surface area contributed by atoms with Gasteiger partial charge in [0.1, 0.15) is 0 Å². The lowest BCUT2D eigenvalue weighted by Crippen LogP contribution is -2.45. The van der Waals surface area contributed by atoms with E-state index in [-0.39, 0.29) is 5.88 Å². The van der Waals surface area contributed by atoms with E-state index in [4.69, 9.17) is 19.4 Å². The van der Waals surface area contributed by atoms with Crippen LogP contribution in [0.15, 0.2) is 17.5 Å². The SMILES string of the molecule is [B]C(=O)N[C@H](Cc1cccs1)[C@@H](O)CCl. The molecule has 1 rings (SSSR count). The predicted octanol–water partition coefficient (Wildman–Crippen LogP) is 1.14. The molecule has 0 saturated heterocycles. The number of aliphatic hydroxyl groups is 1. The smallest absolute Gasteiger partial charge is 0.200 e. The third-order valence-electron chi connectivity index (χ3n) is 1.95. The first-order chi connectivity index (χ1) is 7.13. The van der Waals surface area contributed by atoms with Crippen LogP contribution in [0.1, 0.15) is 4.88 Å². The monoisotopic (exact) mass is 243 g/mol. The Hall–Kier alpha value is -0.515. The Morgan fingerprint density at radius 3 is 2.93 bits per heavy atom. The van der Waals surface area contributed by atoms with Gasteiger partial charge in [0.15, 0.2) is 5.81 Å². The molecule has 1 heterocycles. The third-order valence-corrected chi connectivity index (χ3v) is 3.17. The summed E-state index contributed by atoms with van der Waals surface area (Å²) in [6, 6.07) is 3.41. The molecule has 0 spiro atoms. The van der Waals surface area contributed by atoms with Crippen LogP contribution in [-0.4, -0.2) is 36.8 Å². The van der Waals surface area contributed by atoms with Gasteiger partial charge in [0.05, 0.1) is 18.0 Å². The largest absolute Gasteiger partial charge is 0.390 e. The molecule has 0 unspecified atom stereocenters. The van der Waals surface area contributed by atoms with Crippen molar-refractivity contribution in [2.45, 2.75) is 18.6 Å². The highest BCUT2D eigenvalue weighted by Gasteiger charge is 2.19. The minimum absolute atomic E-state index is 0.0658. The van der Waals surface area contributed by atoms with Crippen LogP contribution in [0.5, 0.6) is 0 Å². The van der Waals surface area contributed by atoms with Gasteiger partial charge in [-0.15, -0.1) is 22.9 Å². The van der Waals surface area contributed by atoms with E-state index in [9.17, 15) is 9.90 Å². The van der Waals surface area contributed by atoms with Crippen molar-refractivity contribution in [3.05, 3.63) is 22.4 Å². The molecule has 2 radical (unpaired) electrons. The van der Waals surface area contributed by atoms with Gasteiger partial charge >= 0.3 is 0 Å². The second-order valence-corrected chi connectivity index (χ2v) is 4.46. The average Bonchev–Trinajstić information content (AvgIpc) is 2.67. The molecule has 1 aromatic heterocycles. The van der Waals surface area contributed by atoms with Crippen molar-refractivity contribution in [2.75, 3.05) is 5.88 Å². The first kappa shape index (κ1) is 12.6. The third kappa shape index (κ3) is 4.24. The Bertz CT molecular complexity index is 307. The standard InChI is InChI=1S/C9H11BClNO2S/c10-9(14)12-7(8(13)5-11)4-6-2-1-3-15-6/h1-3,7-8,13H,4-5H2,(H,12,14)/t7-,8+/m1/s1. The number of halogens is 1. The van der Waals surface area contributed by atoms with Gasteiger partial charge < -0.3 is 10.4 Å². The van der Waals surface area contributed by atoms with Gasteiger partial charge in [-0.2, -0.15) is 0 Å². The maximum atomic E-state index is 10.7. The van der Waals surface area contributed by atoms with Crippen LogP contribution in [0.25, 0.3) is 0 Å². The van der Waals surface area contributed by atoms with Crippen molar-refractivity contribution in [2.24, 2.45) is 0 Å². The molecule has 80 valence electrons. The van der Waals surface area contributed by atoms with Crippen LogP contribution in [0.4, 0.5) is 4.79 Å². The second kappa shape index (κ2) is 6.15. The van der Waals surface area contributed by atoms with Gasteiger partial charge in [0, 0.05) is 11.3 Å². The van der Waals surface area contributed by atoms with Gasteiger partial charge in [-0.3, -0.25) is 4.79 Å². The molecule has 1 aromatic rings. The molecule has 6 heteroatoms. The molecule has 1 amide bonds. The zero-order valence-corrected chi connectivity index (χ0v) is 9.59. The first-order valence-corrected chi connectivity index (χ1v) is 5.87. The Labute approximate surface area is 98.9 Å². The normalized spacial score (nSPS) is 14.5. The average molecular weight is 244 g/mol. The summed E-state index contributed by atoms with van der Waals surface area (Å²) in [6.07, 6.45) is -0.254. The van der Waals surface area contributed by atoms with Crippen LogP contribution < -0.4 is 5.32 Å².